The molecule has 0 aromatic heterocycles. The van der Waals surface area contributed by atoms with Crippen molar-refractivity contribution in [2.75, 3.05) is 0 Å². The summed E-state index contributed by atoms with van der Waals surface area (Å²) < 4.78 is 5.71. The first-order chi connectivity index (χ1) is 8.68. The van der Waals surface area contributed by atoms with Gasteiger partial charge in [-0.15, -0.1) is 0 Å². The van der Waals surface area contributed by atoms with Crippen LogP contribution in [-0.4, -0.2) is 16.8 Å². The van der Waals surface area contributed by atoms with Crippen molar-refractivity contribution < 1.29 is 9.84 Å². The van der Waals surface area contributed by atoms with Gasteiger partial charge in [-0.25, -0.2) is 0 Å². The zero-order valence-electron chi connectivity index (χ0n) is 11.2. The Balaban J connectivity index is 1.92. The second-order valence-corrected chi connectivity index (χ2v) is 5.11. The van der Waals surface area contributed by atoms with E-state index in [1.165, 1.54) is 12.8 Å². The third-order valence-electron chi connectivity index (χ3n) is 3.57. The summed E-state index contributed by atoms with van der Waals surface area (Å²) >= 11 is 0. The van der Waals surface area contributed by atoms with Crippen molar-refractivity contribution in [3.05, 3.63) is 48.0 Å². The predicted molar refractivity (Wildman–Crippen MR) is 73.3 cm³/mol. The number of hydrogen-bond donors (Lipinski definition) is 1. The lowest BCUT2D eigenvalue weighted by Gasteiger charge is -2.11. The van der Waals surface area contributed by atoms with Gasteiger partial charge in [0.05, 0.1) is 0 Å². The van der Waals surface area contributed by atoms with E-state index in [0.717, 1.165) is 12.0 Å². The molecule has 1 N–H and O–H groups in total. The molecule has 1 aliphatic heterocycles. The number of hydrogen-bond acceptors (Lipinski definition) is 2. The van der Waals surface area contributed by atoms with Crippen molar-refractivity contribution in [2.45, 2.75) is 50.9 Å². The molecule has 1 fully saturated rings. The molecular formula is C16H22O2. The summed E-state index contributed by atoms with van der Waals surface area (Å²) in [6.07, 6.45) is 6.80. The molecular weight excluding hydrogens is 224 g/mol. The van der Waals surface area contributed by atoms with E-state index in [0.29, 0.717) is 0 Å². The summed E-state index contributed by atoms with van der Waals surface area (Å²) in [5.74, 6) is 0. The van der Waals surface area contributed by atoms with E-state index in [9.17, 15) is 5.11 Å². The van der Waals surface area contributed by atoms with Gasteiger partial charge >= 0.3 is 0 Å². The molecule has 1 aromatic carbocycles. The fraction of sp³-hybridized carbons (Fsp3) is 0.500. The largest absolute Gasteiger partial charge is 0.386 e. The Morgan fingerprint density at radius 3 is 2.78 bits per heavy atom. The topological polar surface area (TPSA) is 32.8 Å². The van der Waals surface area contributed by atoms with E-state index in [1.54, 1.807) is 0 Å². The minimum absolute atomic E-state index is 0.0181. The number of rotatable bonds is 6. The van der Waals surface area contributed by atoms with Crippen LogP contribution in [0.4, 0.5) is 0 Å². The van der Waals surface area contributed by atoms with Crippen LogP contribution in [-0.2, 0) is 4.74 Å². The quantitative estimate of drug-likeness (QED) is 0.472. The Labute approximate surface area is 109 Å². The summed E-state index contributed by atoms with van der Waals surface area (Å²) in [6.45, 7) is 4.14. The van der Waals surface area contributed by atoms with Crippen molar-refractivity contribution in [1.82, 2.24) is 0 Å². The number of benzene rings is 1. The highest BCUT2D eigenvalue weighted by Crippen LogP contribution is 2.51. The lowest BCUT2D eigenvalue weighted by atomic mass is 9.95. The van der Waals surface area contributed by atoms with Crippen LogP contribution in [0.15, 0.2) is 42.5 Å². The van der Waals surface area contributed by atoms with Gasteiger partial charge in [-0.1, -0.05) is 62.2 Å². The Morgan fingerprint density at radius 1 is 1.39 bits per heavy atom. The standard InChI is InChI=1S/C16H22O2/c1-3-4-5-9-12-14(17)16(2)15(18-16)13-10-7-6-8-11-13/h6-12,14-15,17H,3-5H2,1-2H3. The molecule has 0 saturated carbocycles. The molecule has 98 valence electrons. The van der Waals surface area contributed by atoms with Gasteiger partial charge in [-0.3, -0.25) is 0 Å². The van der Waals surface area contributed by atoms with E-state index in [-0.39, 0.29) is 6.10 Å². The minimum Gasteiger partial charge on any atom is -0.386 e. The second kappa shape index (κ2) is 5.68. The second-order valence-electron chi connectivity index (χ2n) is 5.11. The summed E-state index contributed by atoms with van der Waals surface area (Å²) in [4.78, 5) is 0. The third kappa shape index (κ3) is 2.82. The van der Waals surface area contributed by atoms with Gasteiger partial charge in [-0.05, 0) is 18.9 Å². The van der Waals surface area contributed by atoms with Crippen LogP contribution in [0.1, 0.15) is 44.8 Å². The van der Waals surface area contributed by atoms with Crippen LogP contribution in [0.5, 0.6) is 0 Å². The third-order valence-corrected chi connectivity index (χ3v) is 3.57. The first-order valence-electron chi connectivity index (χ1n) is 6.76. The van der Waals surface area contributed by atoms with Gasteiger partial charge in [0, 0.05) is 0 Å². The number of epoxide rings is 1. The normalized spacial score (nSPS) is 28.5. The molecule has 3 atom stereocenters. The van der Waals surface area contributed by atoms with Crippen molar-refractivity contribution >= 4 is 0 Å². The predicted octanol–water partition coefficient (Wildman–Crippen LogP) is 3.62. The highest BCUT2D eigenvalue weighted by atomic mass is 16.6. The van der Waals surface area contributed by atoms with E-state index >= 15 is 0 Å². The molecule has 0 bridgehead atoms. The highest BCUT2D eigenvalue weighted by molar-refractivity contribution is 5.28. The molecule has 1 heterocycles. The molecule has 3 unspecified atom stereocenters. The SMILES string of the molecule is CCCCC=CC(O)C1(C)OC1c1ccccc1. The molecule has 0 spiro atoms. The van der Waals surface area contributed by atoms with Crippen molar-refractivity contribution in [3.8, 4) is 0 Å². The molecule has 2 nitrogen and oxygen atoms in total. The molecule has 1 aromatic rings. The smallest absolute Gasteiger partial charge is 0.126 e. The summed E-state index contributed by atoms with van der Waals surface area (Å²) in [5, 5.41) is 10.2. The maximum absolute atomic E-state index is 10.2. The maximum Gasteiger partial charge on any atom is 0.126 e. The number of aliphatic hydroxyl groups is 1. The van der Waals surface area contributed by atoms with Gasteiger partial charge in [0.2, 0.25) is 0 Å². The lowest BCUT2D eigenvalue weighted by molar-refractivity contribution is 0.123. The van der Waals surface area contributed by atoms with Gasteiger partial charge in [-0.2, -0.15) is 0 Å². The van der Waals surface area contributed by atoms with E-state index in [4.69, 9.17) is 4.74 Å². The molecule has 18 heavy (non-hydrogen) atoms. The molecule has 0 radical (unpaired) electrons. The fourth-order valence-electron chi connectivity index (χ4n) is 2.21. The van der Waals surface area contributed by atoms with Gasteiger partial charge < -0.3 is 9.84 Å². The van der Waals surface area contributed by atoms with Gasteiger partial charge in [0.15, 0.2) is 0 Å². The first-order valence-corrected chi connectivity index (χ1v) is 6.76. The number of unbranched alkanes of at least 4 members (excludes halogenated alkanes) is 2. The average Bonchev–Trinajstić information content (AvgIpc) is 3.09. The summed E-state index contributed by atoms with van der Waals surface area (Å²) in [6, 6.07) is 10.1. The van der Waals surface area contributed by atoms with Crippen LogP contribution in [0.3, 0.4) is 0 Å². The highest BCUT2D eigenvalue weighted by Gasteiger charge is 2.57. The Hall–Kier alpha value is -1.12. The molecule has 1 saturated heterocycles. The summed E-state index contributed by atoms with van der Waals surface area (Å²) in [5.41, 5.74) is 0.686. The van der Waals surface area contributed by atoms with Gasteiger partial charge in [0.25, 0.3) is 0 Å². The monoisotopic (exact) mass is 246 g/mol. The maximum atomic E-state index is 10.2. The Kier molecular flexibility index (Phi) is 4.20. The average molecular weight is 246 g/mol. The van der Waals surface area contributed by atoms with E-state index in [1.807, 2.05) is 43.3 Å². The van der Waals surface area contributed by atoms with Crippen LogP contribution in [0.2, 0.25) is 0 Å². The van der Waals surface area contributed by atoms with Crippen LogP contribution in [0, 0.1) is 0 Å². The number of ether oxygens (including phenoxy) is 1. The van der Waals surface area contributed by atoms with Crippen molar-refractivity contribution in [1.29, 1.82) is 0 Å². The Morgan fingerprint density at radius 2 is 2.11 bits per heavy atom. The fourth-order valence-corrected chi connectivity index (χ4v) is 2.21. The zero-order chi connectivity index (χ0) is 13.0. The molecule has 1 aliphatic rings. The molecule has 0 aliphatic carbocycles. The Bertz CT molecular complexity index is 399. The zero-order valence-corrected chi connectivity index (χ0v) is 11.2. The number of aliphatic hydroxyl groups excluding tert-OH is 1. The minimum atomic E-state index is -0.528. The lowest BCUT2D eigenvalue weighted by Crippen LogP contribution is -2.24. The van der Waals surface area contributed by atoms with Gasteiger partial charge in [0.1, 0.15) is 17.8 Å². The van der Waals surface area contributed by atoms with Crippen molar-refractivity contribution in [2.24, 2.45) is 0 Å². The van der Waals surface area contributed by atoms with E-state index < -0.39 is 11.7 Å². The number of allylic oxidation sites excluding steroid dienone is 1. The molecule has 0 amide bonds. The van der Waals surface area contributed by atoms with Crippen molar-refractivity contribution in [3.63, 3.8) is 0 Å². The van der Waals surface area contributed by atoms with Crippen LogP contribution in [0.25, 0.3) is 0 Å². The summed E-state index contributed by atoms with van der Waals surface area (Å²) in [7, 11) is 0. The van der Waals surface area contributed by atoms with E-state index in [2.05, 4.69) is 13.0 Å². The molecule has 2 heteroatoms. The molecule has 2 rings (SSSR count). The van der Waals surface area contributed by atoms with Crippen LogP contribution >= 0.6 is 0 Å². The first kappa shape index (κ1) is 13.3. The van der Waals surface area contributed by atoms with Crippen LogP contribution < -0.4 is 0 Å².